The minimum absolute atomic E-state index is 0.157. The van der Waals surface area contributed by atoms with E-state index in [1.54, 1.807) is 37.3 Å². The molecule has 0 fully saturated rings. The molecular weight excluding hydrogens is 289 g/mol. The largest absolute Gasteiger partial charge is 0.383 e. The van der Waals surface area contributed by atoms with Crippen LogP contribution in [0.25, 0.3) is 0 Å². The maximum absolute atomic E-state index is 12.4. The van der Waals surface area contributed by atoms with E-state index < -0.39 is 0 Å². The molecule has 0 unspecified atom stereocenters. The van der Waals surface area contributed by atoms with Crippen LogP contribution in [0.2, 0.25) is 10.0 Å². The molecule has 0 heterocycles. The van der Waals surface area contributed by atoms with Crippen molar-refractivity contribution in [1.82, 2.24) is 4.90 Å². The number of ether oxygens (including phenoxy) is 2. The average molecular weight is 306 g/mol. The van der Waals surface area contributed by atoms with Gasteiger partial charge >= 0.3 is 0 Å². The van der Waals surface area contributed by atoms with Gasteiger partial charge < -0.3 is 14.4 Å². The number of carbonyl (C=O) groups is 1. The van der Waals surface area contributed by atoms with E-state index in [1.165, 1.54) is 0 Å². The summed E-state index contributed by atoms with van der Waals surface area (Å²) in [5, 5.41) is 0.846. The highest BCUT2D eigenvalue weighted by Crippen LogP contribution is 2.22. The van der Waals surface area contributed by atoms with Crippen molar-refractivity contribution < 1.29 is 14.3 Å². The third-order valence-corrected chi connectivity index (χ3v) is 3.13. The van der Waals surface area contributed by atoms with Crippen LogP contribution < -0.4 is 0 Å². The summed E-state index contributed by atoms with van der Waals surface area (Å²) in [6, 6.07) is 4.83. The highest BCUT2D eigenvalue weighted by Gasteiger charge is 2.18. The summed E-state index contributed by atoms with van der Waals surface area (Å²) >= 11 is 11.9. The Morgan fingerprint density at radius 3 is 2.21 bits per heavy atom. The van der Waals surface area contributed by atoms with E-state index in [9.17, 15) is 4.79 Å². The van der Waals surface area contributed by atoms with Gasteiger partial charge in [-0.3, -0.25) is 4.79 Å². The Bertz CT molecular complexity index is 418. The maximum Gasteiger partial charge on any atom is 0.255 e. The Labute approximate surface area is 123 Å². The molecule has 0 aromatic heterocycles. The third-order valence-electron chi connectivity index (χ3n) is 2.58. The summed E-state index contributed by atoms with van der Waals surface area (Å²) < 4.78 is 10.00. The fraction of sp³-hybridized carbons (Fsp3) is 0.462. The Morgan fingerprint density at radius 2 is 1.74 bits per heavy atom. The van der Waals surface area contributed by atoms with Gasteiger partial charge in [-0.1, -0.05) is 23.2 Å². The van der Waals surface area contributed by atoms with E-state index in [0.717, 1.165) is 0 Å². The summed E-state index contributed by atoms with van der Waals surface area (Å²) in [7, 11) is 3.18. The first-order valence-electron chi connectivity index (χ1n) is 5.82. The zero-order valence-electron chi connectivity index (χ0n) is 11.0. The lowest BCUT2D eigenvalue weighted by Gasteiger charge is -2.22. The molecule has 0 spiro atoms. The van der Waals surface area contributed by atoms with Crippen LogP contribution in [-0.2, 0) is 9.47 Å². The first kappa shape index (κ1) is 16.2. The van der Waals surface area contributed by atoms with Gasteiger partial charge in [-0.15, -0.1) is 0 Å². The van der Waals surface area contributed by atoms with Crippen molar-refractivity contribution in [2.45, 2.75) is 0 Å². The number of rotatable bonds is 7. The summed E-state index contributed by atoms with van der Waals surface area (Å²) in [5.41, 5.74) is 0.429. The van der Waals surface area contributed by atoms with Crippen molar-refractivity contribution in [3.8, 4) is 0 Å². The second-order valence-electron chi connectivity index (χ2n) is 3.90. The Balaban J connectivity index is 2.84. The number of amides is 1. The van der Waals surface area contributed by atoms with Crippen LogP contribution in [0.4, 0.5) is 0 Å². The first-order valence-corrected chi connectivity index (χ1v) is 6.58. The molecule has 0 saturated heterocycles. The number of halogens is 2. The van der Waals surface area contributed by atoms with E-state index in [0.29, 0.717) is 41.9 Å². The van der Waals surface area contributed by atoms with Crippen LogP contribution in [0.5, 0.6) is 0 Å². The van der Waals surface area contributed by atoms with Crippen LogP contribution >= 0.6 is 23.2 Å². The topological polar surface area (TPSA) is 38.8 Å². The fourth-order valence-corrected chi connectivity index (χ4v) is 2.04. The molecule has 1 aromatic carbocycles. The normalized spacial score (nSPS) is 10.5. The summed E-state index contributed by atoms with van der Waals surface area (Å²) in [5.74, 6) is -0.157. The highest BCUT2D eigenvalue weighted by molar-refractivity contribution is 6.36. The second-order valence-corrected chi connectivity index (χ2v) is 4.75. The van der Waals surface area contributed by atoms with Gasteiger partial charge in [-0.25, -0.2) is 0 Å². The molecule has 6 heteroatoms. The van der Waals surface area contributed by atoms with Crippen molar-refractivity contribution in [1.29, 1.82) is 0 Å². The van der Waals surface area contributed by atoms with E-state index in [4.69, 9.17) is 32.7 Å². The zero-order valence-corrected chi connectivity index (χ0v) is 12.5. The van der Waals surface area contributed by atoms with Crippen LogP contribution in [0.3, 0.4) is 0 Å². The molecule has 0 atom stereocenters. The predicted molar refractivity (Wildman–Crippen MR) is 76.1 cm³/mol. The minimum Gasteiger partial charge on any atom is -0.383 e. The lowest BCUT2D eigenvalue weighted by atomic mass is 10.2. The molecule has 1 amide bonds. The number of benzene rings is 1. The zero-order chi connectivity index (χ0) is 14.3. The quantitative estimate of drug-likeness (QED) is 0.777. The van der Waals surface area contributed by atoms with Gasteiger partial charge in [-0.05, 0) is 18.2 Å². The average Bonchev–Trinajstić information content (AvgIpc) is 2.38. The Morgan fingerprint density at radius 1 is 1.16 bits per heavy atom. The number of carbonyl (C=O) groups excluding carboxylic acids is 1. The summed E-state index contributed by atoms with van der Waals surface area (Å²) in [4.78, 5) is 14.0. The lowest BCUT2D eigenvalue weighted by molar-refractivity contribution is 0.0627. The molecular formula is C13H17Cl2NO3. The van der Waals surface area contributed by atoms with E-state index in [-0.39, 0.29) is 5.91 Å². The van der Waals surface area contributed by atoms with Crippen molar-refractivity contribution in [2.75, 3.05) is 40.5 Å². The molecule has 1 rings (SSSR count). The van der Waals surface area contributed by atoms with Crippen LogP contribution in [0, 0.1) is 0 Å². The maximum atomic E-state index is 12.4. The number of nitrogens with zero attached hydrogens (tertiary/aromatic N) is 1. The lowest BCUT2D eigenvalue weighted by Crippen LogP contribution is -2.36. The van der Waals surface area contributed by atoms with Crippen LogP contribution in [0.15, 0.2) is 18.2 Å². The summed E-state index contributed by atoms with van der Waals surface area (Å²) in [6.07, 6.45) is 0. The molecule has 0 saturated carbocycles. The third kappa shape index (κ3) is 4.99. The fourth-order valence-electron chi connectivity index (χ4n) is 1.55. The van der Waals surface area contributed by atoms with Gasteiger partial charge in [-0.2, -0.15) is 0 Å². The van der Waals surface area contributed by atoms with Gasteiger partial charge in [0.2, 0.25) is 0 Å². The second kappa shape index (κ2) is 8.38. The number of methoxy groups -OCH3 is 2. The Hall–Kier alpha value is -0.810. The molecule has 4 nitrogen and oxygen atoms in total. The highest BCUT2D eigenvalue weighted by atomic mass is 35.5. The molecule has 0 radical (unpaired) electrons. The monoisotopic (exact) mass is 305 g/mol. The van der Waals surface area contributed by atoms with Crippen LogP contribution in [0.1, 0.15) is 10.4 Å². The summed E-state index contributed by atoms with van der Waals surface area (Å²) in [6.45, 7) is 1.89. The van der Waals surface area contributed by atoms with Gasteiger partial charge in [0.05, 0.1) is 23.8 Å². The molecule has 0 N–H and O–H groups in total. The number of hydrogen-bond acceptors (Lipinski definition) is 3. The molecule has 0 bridgehead atoms. The number of hydrogen-bond donors (Lipinski definition) is 0. The van der Waals surface area contributed by atoms with Gasteiger partial charge in [0.25, 0.3) is 5.91 Å². The molecule has 0 aliphatic carbocycles. The smallest absolute Gasteiger partial charge is 0.255 e. The standard InChI is InChI=1S/C13H17Cl2NO3/c1-18-7-5-16(6-8-19-2)13(17)11-4-3-10(14)9-12(11)15/h3-4,9H,5-8H2,1-2H3. The molecule has 0 aliphatic rings. The predicted octanol–water partition coefficient (Wildman–Crippen LogP) is 2.73. The SMILES string of the molecule is COCCN(CCOC)C(=O)c1ccc(Cl)cc1Cl. The minimum atomic E-state index is -0.157. The van der Waals surface area contributed by atoms with Crippen LogP contribution in [-0.4, -0.2) is 51.3 Å². The van der Waals surface area contributed by atoms with Gasteiger partial charge in [0, 0.05) is 32.3 Å². The van der Waals surface area contributed by atoms with Crippen molar-refractivity contribution in [2.24, 2.45) is 0 Å². The molecule has 106 valence electrons. The van der Waals surface area contributed by atoms with Gasteiger partial charge in [0.1, 0.15) is 0 Å². The Kier molecular flexibility index (Phi) is 7.16. The van der Waals surface area contributed by atoms with E-state index in [1.807, 2.05) is 0 Å². The molecule has 0 aliphatic heterocycles. The first-order chi connectivity index (χ1) is 9.10. The van der Waals surface area contributed by atoms with Crippen molar-refractivity contribution in [3.63, 3.8) is 0 Å². The molecule has 1 aromatic rings. The van der Waals surface area contributed by atoms with E-state index >= 15 is 0 Å². The van der Waals surface area contributed by atoms with Crippen molar-refractivity contribution in [3.05, 3.63) is 33.8 Å². The molecule has 19 heavy (non-hydrogen) atoms. The van der Waals surface area contributed by atoms with Crippen molar-refractivity contribution >= 4 is 29.1 Å². The van der Waals surface area contributed by atoms with E-state index in [2.05, 4.69) is 0 Å². The van der Waals surface area contributed by atoms with Gasteiger partial charge in [0.15, 0.2) is 0 Å².